The molecule has 0 fully saturated rings. The molecule has 0 bridgehead atoms. The van der Waals surface area contributed by atoms with E-state index < -0.39 is 0 Å². The van der Waals surface area contributed by atoms with Crippen LogP contribution in [0.2, 0.25) is 5.15 Å². The van der Waals surface area contributed by atoms with Gasteiger partial charge < -0.3 is 11.1 Å². The summed E-state index contributed by atoms with van der Waals surface area (Å²) in [5.41, 5.74) is 6.51. The summed E-state index contributed by atoms with van der Waals surface area (Å²) in [5.74, 6) is 0.737. The average Bonchev–Trinajstić information content (AvgIpc) is 2.68. The molecule has 0 saturated heterocycles. The minimum absolute atomic E-state index is 0.0594. The highest BCUT2D eigenvalue weighted by Crippen LogP contribution is 2.19. The van der Waals surface area contributed by atoms with E-state index in [1.54, 1.807) is 12.3 Å². The molecule has 1 unspecified atom stereocenters. The van der Waals surface area contributed by atoms with Gasteiger partial charge in [-0.05, 0) is 6.92 Å². The molecule has 0 spiro atoms. The van der Waals surface area contributed by atoms with Gasteiger partial charge in [0.2, 0.25) is 5.95 Å². The van der Waals surface area contributed by atoms with Crippen LogP contribution in [0.1, 0.15) is 18.5 Å². The van der Waals surface area contributed by atoms with Gasteiger partial charge >= 0.3 is 0 Å². The lowest BCUT2D eigenvalue weighted by atomic mass is 10.2. The molecular formula is C9H11ClN6. The first-order valence-corrected chi connectivity index (χ1v) is 5.08. The van der Waals surface area contributed by atoms with E-state index >= 15 is 0 Å². The molecule has 0 amide bonds. The number of rotatable bonds is 3. The summed E-state index contributed by atoms with van der Waals surface area (Å²) < 4.78 is 0. The number of hydrogen-bond acceptors (Lipinski definition) is 5. The molecule has 2 rings (SSSR count). The molecule has 2 heterocycles. The van der Waals surface area contributed by atoms with Gasteiger partial charge in [0.25, 0.3) is 0 Å². The van der Waals surface area contributed by atoms with Gasteiger partial charge in [-0.1, -0.05) is 11.6 Å². The van der Waals surface area contributed by atoms with E-state index in [-0.39, 0.29) is 12.0 Å². The van der Waals surface area contributed by atoms with Gasteiger partial charge in [-0.2, -0.15) is 10.1 Å². The summed E-state index contributed by atoms with van der Waals surface area (Å²) in [7, 11) is 0. The molecule has 0 aliphatic carbocycles. The summed E-state index contributed by atoms with van der Waals surface area (Å²) in [6.07, 6.45) is 3.55. The van der Waals surface area contributed by atoms with Gasteiger partial charge in [-0.25, -0.2) is 4.98 Å². The number of anilines is 2. The number of nitrogens with two attached hydrogens (primary N) is 1. The molecule has 1 atom stereocenters. The highest BCUT2D eigenvalue weighted by atomic mass is 35.5. The minimum atomic E-state index is 0.0594. The van der Waals surface area contributed by atoms with E-state index in [0.29, 0.717) is 11.0 Å². The fourth-order valence-electron chi connectivity index (χ4n) is 1.31. The van der Waals surface area contributed by atoms with Gasteiger partial charge in [0.15, 0.2) is 0 Å². The SMILES string of the molecule is CC(Nc1cc(Cl)nc(N)n1)c1cn[nH]c1. The molecule has 0 saturated carbocycles. The van der Waals surface area contributed by atoms with Crippen molar-refractivity contribution in [2.24, 2.45) is 0 Å². The van der Waals surface area contributed by atoms with Crippen molar-refractivity contribution in [3.8, 4) is 0 Å². The van der Waals surface area contributed by atoms with Crippen LogP contribution in [-0.2, 0) is 0 Å². The number of nitrogen functional groups attached to an aromatic ring is 1. The molecule has 16 heavy (non-hydrogen) atoms. The molecule has 0 aliphatic rings. The lowest BCUT2D eigenvalue weighted by Crippen LogP contribution is -2.08. The van der Waals surface area contributed by atoms with Crippen LogP contribution in [0.3, 0.4) is 0 Å². The summed E-state index contributed by atoms with van der Waals surface area (Å²) in [6.45, 7) is 1.98. The largest absolute Gasteiger partial charge is 0.368 e. The van der Waals surface area contributed by atoms with Gasteiger partial charge in [0.05, 0.1) is 12.2 Å². The van der Waals surface area contributed by atoms with Crippen molar-refractivity contribution in [3.05, 3.63) is 29.2 Å². The standard InChI is InChI=1S/C9H11ClN6/c1-5(6-3-12-13-4-6)14-8-2-7(10)15-9(11)16-8/h2-5H,1H3,(H,12,13)(H3,11,14,15,16). The minimum Gasteiger partial charge on any atom is -0.368 e. The van der Waals surface area contributed by atoms with Crippen LogP contribution in [0, 0.1) is 0 Å². The number of halogens is 1. The summed E-state index contributed by atoms with van der Waals surface area (Å²) in [4.78, 5) is 7.80. The van der Waals surface area contributed by atoms with Crippen LogP contribution in [0.15, 0.2) is 18.5 Å². The second kappa shape index (κ2) is 4.36. The predicted molar refractivity (Wildman–Crippen MR) is 62.1 cm³/mol. The summed E-state index contributed by atoms with van der Waals surface area (Å²) in [5, 5.41) is 10.1. The molecule has 4 N–H and O–H groups in total. The van der Waals surface area contributed by atoms with Gasteiger partial charge in [0.1, 0.15) is 11.0 Å². The molecule has 6 nitrogen and oxygen atoms in total. The smallest absolute Gasteiger partial charge is 0.223 e. The zero-order chi connectivity index (χ0) is 11.5. The van der Waals surface area contributed by atoms with Crippen molar-refractivity contribution in [2.45, 2.75) is 13.0 Å². The Kier molecular flexibility index (Phi) is 2.91. The summed E-state index contributed by atoms with van der Waals surface area (Å²) in [6, 6.07) is 1.68. The molecule has 2 aromatic rings. The Labute approximate surface area is 97.2 Å². The second-order valence-electron chi connectivity index (χ2n) is 3.33. The van der Waals surface area contributed by atoms with Crippen molar-refractivity contribution < 1.29 is 0 Å². The monoisotopic (exact) mass is 238 g/mol. The first-order chi connectivity index (χ1) is 7.65. The lowest BCUT2D eigenvalue weighted by molar-refractivity contribution is 0.874. The maximum absolute atomic E-state index is 5.77. The zero-order valence-electron chi connectivity index (χ0n) is 8.61. The number of nitrogens with one attached hydrogen (secondary N) is 2. The van der Waals surface area contributed by atoms with E-state index in [9.17, 15) is 0 Å². The van der Waals surface area contributed by atoms with E-state index in [1.165, 1.54) is 0 Å². The Morgan fingerprint density at radius 2 is 2.31 bits per heavy atom. The summed E-state index contributed by atoms with van der Waals surface area (Å²) >= 11 is 5.77. The Morgan fingerprint density at radius 1 is 1.50 bits per heavy atom. The number of H-pyrrole nitrogens is 1. The van der Waals surface area contributed by atoms with Crippen LogP contribution in [-0.4, -0.2) is 20.2 Å². The third-order valence-corrected chi connectivity index (χ3v) is 2.29. The van der Waals surface area contributed by atoms with Crippen molar-refractivity contribution in [2.75, 3.05) is 11.1 Å². The van der Waals surface area contributed by atoms with Crippen LogP contribution < -0.4 is 11.1 Å². The lowest BCUT2D eigenvalue weighted by Gasteiger charge is -2.12. The fraction of sp³-hybridized carbons (Fsp3) is 0.222. The normalized spacial score (nSPS) is 12.4. The Bertz CT molecular complexity index is 449. The maximum atomic E-state index is 5.77. The molecule has 0 aliphatic heterocycles. The second-order valence-corrected chi connectivity index (χ2v) is 3.72. The van der Waals surface area contributed by atoms with Crippen LogP contribution in [0.25, 0.3) is 0 Å². The third kappa shape index (κ3) is 2.40. The third-order valence-electron chi connectivity index (χ3n) is 2.10. The first kappa shape index (κ1) is 10.7. The van der Waals surface area contributed by atoms with Crippen LogP contribution in [0.4, 0.5) is 11.8 Å². The zero-order valence-corrected chi connectivity index (χ0v) is 9.36. The maximum Gasteiger partial charge on any atom is 0.223 e. The molecule has 0 aromatic carbocycles. The van der Waals surface area contributed by atoms with Crippen molar-refractivity contribution in [1.29, 1.82) is 0 Å². The molecule has 0 radical (unpaired) electrons. The quantitative estimate of drug-likeness (QED) is 0.707. The van der Waals surface area contributed by atoms with Gasteiger partial charge in [-0.15, -0.1) is 0 Å². The van der Waals surface area contributed by atoms with Crippen molar-refractivity contribution >= 4 is 23.4 Å². The van der Waals surface area contributed by atoms with E-state index in [0.717, 1.165) is 5.56 Å². The fourth-order valence-corrected chi connectivity index (χ4v) is 1.50. The van der Waals surface area contributed by atoms with Gasteiger partial charge in [-0.3, -0.25) is 5.10 Å². The highest BCUT2D eigenvalue weighted by molar-refractivity contribution is 6.29. The van der Waals surface area contributed by atoms with Gasteiger partial charge in [0, 0.05) is 17.8 Å². The number of aromatic nitrogens is 4. The average molecular weight is 239 g/mol. The van der Waals surface area contributed by atoms with Crippen molar-refractivity contribution in [1.82, 2.24) is 20.2 Å². The predicted octanol–water partition coefficient (Wildman–Crippen LogP) is 1.61. The molecular weight excluding hydrogens is 228 g/mol. The van der Waals surface area contributed by atoms with E-state index in [2.05, 4.69) is 25.5 Å². The number of nitrogens with zero attached hydrogens (tertiary/aromatic N) is 3. The van der Waals surface area contributed by atoms with E-state index in [1.807, 2.05) is 13.1 Å². The highest BCUT2D eigenvalue weighted by Gasteiger charge is 2.08. The Morgan fingerprint density at radius 3 is 2.94 bits per heavy atom. The number of hydrogen-bond donors (Lipinski definition) is 3. The van der Waals surface area contributed by atoms with Crippen molar-refractivity contribution in [3.63, 3.8) is 0 Å². The topological polar surface area (TPSA) is 92.5 Å². The van der Waals surface area contributed by atoms with Crippen LogP contribution in [0.5, 0.6) is 0 Å². The molecule has 84 valence electrons. The van der Waals surface area contributed by atoms with Crippen LogP contribution >= 0.6 is 11.6 Å². The Balaban J connectivity index is 2.15. The van der Waals surface area contributed by atoms with E-state index in [4.69, 9.17) is 17.3 Å². The molecule has 7 heteroatoms. The first-order valence-electron chi connectivity index (χ1n) is 4.70. The number of aromatic amines is 1. The Hall–Kier alpha value is -1.82. The molecule has 2 aromatic heterocycles.